The first-order valence-electron chi connectivity index (χ1n) is 2.28. The van der Waals surface area contributed by atoms with E-state index in [1.807, 2.05) is 11.8 Å². The molecule has 0 aliphatic carbocycles. The minimum Gasteiger partial charge on any atom is -0.328 e. The highest BCUT2D eigenvalue weighted by molar-refractivity contribution is 7.99. The monoisotopic (exact) mass is 104 g/mol. The van der Waals surface area contributed by atoms with Crippen LogP contribution in [0.1, 0.15) is 0 Å². The second kappa shape index (κ2) is 1.85. The Balaban J connectivity index is 2.18. The number of rotatable bonds is 0. The maximum atomic E-state index is 2.24. The molecule has 6 heavy (non-hydrogen) atoms. The minimum atomic E-state index is 1.32. The topological polar surface area (TPSA) is 4.44 Å². The smallest absolute Gasteiger partial charge is 0.124 e. The van der Waals surface area contributed by atoms with Gasteiger partial charge in [0, 0.05) is 5.75 Å². The Kier molecular flexibility index (Phi) is 1.37. The fourth-order valence-electron chi connectivity index (χ4n) is 0.565. The first kappa shape index (κ1) is 4.47. The summed E-state index contributed by atoms with van der Waals surface area (Å²) in [7, 11) is 2.24. The van der Waals surface area contributed by atoms with Gasteiger partial charge in [-0.2, -0.15) is 0 Å². The normalized spacial score (nSPS) is 34.5. The van der Waals surface area contributed by atoms with Crippen LogP contribution in [-0.4, -0.2) is 25.2 Å². The summed E-state index contributed by atoms with van der Waals surface area (Å²) in [5.41, 5.74) is 0. The van der Waals surface area contributed by atoms with Crippen LogP contribution >= 0.6 is 11.8 Å². The highest BCUT2D eigenvalue weighted by atomic mass is 32.2. The lowest BCUT2D eigenvalue weighted by molar-refractivity contribution is -0.858. The number of hydrogen-bond donors (Lipinski definition) is 1. The molecule has 1 aliphatic rings. The number of thioether (sulfide) groups is 1. The van der Waals surface area contributed by atoms with Gasteiger partial charge in [-0.05, 0) is 0 Å². The van der Waals surface area contributed by atoms with E-state index in [2.05, 4.69) is 7.05 Å². The average Bonchev–Trinajstić information content (AvgIpc) is 1.86. The molecular formula is C4H10NS+. The lowest BCUT2D eigenvalue weighted by Gasteiger charge is -1.97. The fourth-order valence-corrected chi connectivity index (χ4v) is 1.69. The van der Waals surface area contributed by atoms with E-state index in [1.54, 1.807) is 4.90 Å². The molecule has 0 spiro atoms. The van der Waals surface area contributed by atoms with E-state index in [4.69, 9.17) is 0 Å². The third-order valence-electron chi connectivity index (χ3n) is 1.02. The van der Waals surface area contributed by atoms with Gasteiger partial charge in [0.05, 0.1) is 13.6 Å². The lowest BCUT2D eigenvalue weighted by atomic mass is 10.7. The average molecular weight is 104 g/mol. The van der Waals surface area contributed by atoms with Crippen LogP contribution in [0.3, 0.4) is 0 Å². The van der Waals surface area contributed by atoms with Crippen molar-refractivity contribution in [1.82, 2.24) is 0 Å². The maximum Gasteiger partial charge on any atom is 0.124 e. The van der Waals surface area contributed by atoms with Crippen LogP contribution in [0.4, 0.5) is 0 Å². The van der Waals surface area contributed by atoms with E-state index in [0.29, 0.717) is 0 Å². The van der Waals surface area contributed by atoms with Crippen molar-refractivity contribution >= 4 is 11.8 Å². The standard InChI is InChI=1S/C4H9NS/c1-5-2-3-6-4-5/h2-4H2,1H3/p+1. The quantitative estimate of drug-likeness (QED) is 0.422. The van der Waals surface area contributed by atoms with Gasteiger partial charge < -0.3 is 4.90 Å². The van der Waals surface area contributed by atoms with Gasteiger partial charge in [-0.1, -0.05) is 11.8 Å². The van der Waals surface area contributed by atoms with E-state index >= 15 is 0 Å². The Morgan fingerprint density at radius 2 is 2.50 bits per heavy atom. The SMILES string of the molecule is C[NH+]1CCSC1. The summed E-state index contributed by atoms with van der Waals surface area (Å²) in [6.07, 6.45) is 0. The molecule has 0 aromatic rings. The van der Waals surface area contributed by atoms with Crippen LogP contribution in [0.25, 0.3) is 0 Å². The largest absolute Gasteiger partial charge is 0.328 e. The van der Waals surface area contributed by atoms with E-state index in [0.717, 1.165) is 0 Å². The molecule has 0 amide bonds. The van der Waals surface area contributed by atoms with Crippen molar-refractivity contribution in [3.05, 3.63) is 0 Å². The molecule has 2 heteroatoms. The number of quaternary nitrogens is 1. The van der Waals surface area contributed by atoms with Crippen molar-refractivity contribution in [3.8, 4) is 0 Å². The molecule has 0 aromatic heterocycles. The zero-order valence-electron chi connectivity index (χ0n) is 4.03. The van der Waals surface area contributed by atoms with Gasteiger partial charge >= 0.3 is 0 Å². The minimum absolute atomic E-state index is 1.32. The Labute approximate surface area is 42.7 Å². The van der Waals surface area contributed by atoms with Gasteiger partial charge in [0.15, 0.2) is 0 Å². The van der Waals surface area contributed by atoms with Gasteiger partial charge in [-0.3, -0.25) is 0 Å². The third kappa shape index (κ3) is 0.884. The summed E-state index contributed by atoms with van der Waals surface area (Å²) in [5, 5.41) is 0. The molecule has 1 nitrogen and oxygen atoms in total. The molecule has 1 rings (SSSR count). The molecule has 0 radical (unpaired) electrons. The second-order valence-electron chi connectivity index (χ2n) is 1.76. The fraction of sp³-hybridized carbons (Fsp3) is 1.00. The highest BCUT2D eigenvalue weighted by Crippen LogP contribution is 1.94. The van der Waals surface area contributed by atoms with E-state index in [-0.39, 0.29) is 0 Å². The molecule has 1 atom stereocenters. The zero-order chi connectivity index (χ0) is 4.41. The van der Waals surface area contributed by atoms with E-state index < -0.39 is 0 Å². The molecule has 1 saturated heterocycles. The van der Waals surface area contributed by atoms with Crippen LogP contribution in [-0.2, 0) is 0 Å². The van der Waals surface area contributed by atoms with Crippen molar-refractivity contribution < 1.29 is 4.90 Å². The third-order valence-corrected chi connectivity index (χ3v) is 2.21. The summed E-state index contributed by atoms with van der Waals surface area (Å²) < 4.78 is 0. The maximum absolute atomic E-state index is 2.24. The van der Waals surface area contributed by atoms with Gasteiger partial charge in [0.25, 0.3) is 0 Å². The van der Waals surface area contributed by atoms with Crippen molar-refractivity contribution in [2.24, 2.45) is 0 Å². The van der Waals surface area contributed by atoms with Crippen LogP contribution in [0, 0.1) is 0 Å². The molecule has 1 fully saturated rings. The molecular weight excluding hydrogens is 94.1 g/mol. The van der Waals surface area contributed by atoms with E-state index in [9.17, 15) is 0 Å². The lowest BCUT2D eigenvalue weighted by Crippen LogP contribution is -3.06. The molecule has 0 aromatic carbocycles. The number of nitrogens with one attached hydrogen (secondary N) is 1. The number of hydrogen-bond acceptors (Lipinski definition) is 1. The predicted octanol–water partition coefficient (Wildman–Crippen LogP) is -0.795. The second-order valence-corrected chi connectivity index (χ2v) is 2.86. The Morgan fingerprint density at radius 3 is 2.67 bits per heavy atom. The van der Waals surface area contributed by atoms with Gasteiger partial charge in [-0.25, -0.2) is 0 Å². The zero-order valence-corrected chi connectivity index (χ0v) is 4.85. The van der Waals surface area contributed by atoms with Gasteiger partial charge in [0.2, 0.25) is 0 Å². The van der Waals surface area contributed by atoms with Crippen LogP contribution in [0.5, 0.6) is 0 Å². The summed E-state index contributed by atoms with van der Waals surface area (Å²) >= 11 is 2.05. The molecule has 36 valence electrons. The Morgan fingerprint density at radius 1 is 1.67 bits per heavy atom. The van der Waals surface area contributed by atoms with Gasteiger partial charge in [-0.15, -0.1) is 0 Å². The summed E-state index contributed by atoms with van der Waals surface area (Å²) in [5.74, 6) is 2.69. The summed E-state index contributed by atoms with van der Waals surface area (Å²) in [6, 6.07) is 0. The first-order chi connectivity index (χ1) is 2.89. The van der Waals surface area contributed by atoms with Crippen molar-refractivity contribution in [2.75, 3.05) is 25.2 Å². The van der Waals surface area contributed by atoms with Crippen LogP contribution < -0.4 is 4.90 Å². The predicted molar refractivity (Wildman–Crippen MR) is 29.1 cm³/mol. The summed E-state index contributed by atoms with van der Waals surface area (Å²) in [4.78, 5) is 1.67. The van der Waals surface area contributed by atoms with Crippen molar-refractivity contribution in [3.63, 3.8) is 0 Å². The van der Waals surface area contributed by atoms with Crippen molar-refractivity contribution in [1.29, 1.82) is 0 Å². The molecule has 0 saturated carbocycles. The highest BCUT2D eigenvalue weighted by Gasteiger charge is 2.07. The Bertz CT molecular complexity index is 40.8. The van der Waals surface area contributed by atoms with Crippen LogP contribution in [0.15, 0.2) is 0 Å². The van der Waals surface area contributed by atoms with Crippen LogP contribution in [0.2, 0.25) is 0 Å². The molecule has 0 bridgehead atoms. The molecule has 1 aliphatic heterocycles. The molecule has 1 unspecified atom stereocenters. The van der Waals surface area contributed by atoms with Gasteiger partial charge in [0.1, 0.15) is 5.88 Å². The Hall–Kier alpha value is 0.310. The van der Waals surface area contributed by atoms with E-state index in [1.165, 1.54) is 18.2 Å². The molecule has 1 N–H and O–H groups in total. The van der Waals surface area contributed by atoms with Crippen molar-refractivity contribution in [2.45, 2.75) is 0 Å². The first-order valence-corrected chi connectivity index (χ1v) is 3.44. The molecule has 1 heterocycles. The summed E-state index contributed by atoms with van der Waals surface area (Å²) in [6.45, 7) is 1.37.